The van der Waals surface area contributed by atoms with Crippen LogP contribution in [0.1, 0.15) is 34.2 Å². The first kappa shape index (κ1) is 21.6. The fraction of sp³-hybridized carbons (Fsp3) is 0.217. The Bertz CT molecular complexity index is 1100. The van der Waals surface area contributed by atoms with Crippen molar-refractivity contribution < 1.29 is 19.1 Å². The molecule has 8 heteroatoms. The van der Waals surface area contributed by atoms with Crippen LogP contribution >= 0.6 is 0 Å². The van der Waals surface area contributed by atoms with Crippen molar-refractivity contribution in [3.63, 3.8) is 0 Å². The Balaban J connectivity index is 1.61. The second-order valence-electron chi connectivity index (χ2n) is 6.57. The number of hydrogen-bond donors (Lipinski definition) is 1. The highest BCUT2D eigenvalue weighted by molar-refractivity contribution is 5.96. The topological polar surface area (TPSA) is 106 Å². The van der Waals surface area contributed by atoms with Gasteiger partial charge in [0.05, 0.1) is 23.7 Å². The summed E-state index contributed by atoms with van der Waals surface area (Å²) in [7, 11) is 0. The van der Waals surface area contributed by atoms with Crippen molar-refractivity contribution in [2.75, 3.05) is 13.2 Å². The summed E-state index contributed by atoms with van der Waals surface area (Å²) in [6, 6.07) is 18.0. The first-order chi connectivity index (χ1) is 15.0. The Morgan fingerprint density at radius 3 is 2.48 bits per heavy atom. The Labute approximate surface area is 180 Å². The van der Waals surface area contributed by atoms with Crippen LogP contribution in [0.5, 0.6) is 5.75 Å². The number of nitrogens with one attached hydrogen (secondary N) is 1. The minimum Gasteiger partial charge on any atom is -0.494 e. The summed E-state index contributed by atoms with van der Waals surface area (Å²) in [6.07, 6.45) is 0. The molecule has 0 atom stereocenters. The number of aromatic nitrogens is 2. The van der Waals surface area contributed by atoms with Crippen LogP contribution in [-0.2, 0) is 16.1 Å². The smallest absolute Gasteiger partial charge is 0.325 e. The number of nitrogens with zero attached hydrogens (tertiary/aromatic N) is 3. The second kappa shape index (κ2) is 10.1. The number of nitriles is 1. The zero-order valence-corrected chi connectivity index (χ0v) is 17.3. The molecule has 0 aliphatic heterocycles. The number of para-hydroxylation sites is 1. The van der Waals surface area contributed by atoms with Crippen molar-refractivity contribution in [3.8, 4) is 17.5 Å². The number of rotatable bonds is 8. The van der Waals surface area contributed by atoms with Crippen molar-refractivity contribution in [1.29, 1.82) is 5.26 Å². The predicted molar refractivity (Wildman–Crippen MR) is 113 cm³/mol. The van der Waals surface area contributed by atoms with E-state index in [2.05, 4.69) is 16.5 Å². The quantitative estimate of drug-likeness (QED) is 0.564. The second-order valence-corrected chi connectivity index (χ2v) is 6.57. The lowest BCUT2D eigenvalue weighted by Gasteiger charge is -2.10. The van der Waals surface area contributed by atoms with E-state index in [1.54, 1.807) is 35.9 Å². The van der Waals surface area contributed by atoms with E-state index in [1.165, 1.54) is 0 Å². The molecule has 0 saturated heterocycles. The highest BCUT2D eigenvalue weighted by Gasteiger charge is 2.18. The lowest BCUT2D eigenvalue weighted by Crippen LogP contribution is -2.30. The van der Waals surface area contributed by atoms with Crippen LogP contribution in [0.3, 0.4) is 0 Å². The lowest BCUT2D eigenvalue weighted by molar-refractivity contribution is -0.143. The number of carbonyl (C=O) groups is 2. The average Bonchev–Trinajstić information content (AvgIpc) is 3.12. The van der Waals surface area contributed by atoms with Gasteiger partial charge in [0.15, 0.2) is 0 Å². The highest BCUT2D eigenvalue weighted by atomic mass is 16.5. The molecule has 1 aromatic heterocycles. The van der Waals surface area contributed by atoms with E-state index < -0.39 is 11.9 Å². The van der Waals surface area contributed by atoms with E-state index in [4.69, 9.17) is 9.47 Å². The number of carbonyl (C=O) groups excluding carboxylic acids is 2. The fourth-order valence-corrected chi connectivity index (χ4v) is 2.96. The normalized spacial score (nSPS) is 10.2. The molecular formula is C23H22N4O4. The molecule has 0 fully saturated rings. The van der Waals surface area contributed by atoms with Crippen LogP contribution in [0.15, 0.2) is 54.6 Å². The summed E-state index contributed by atoms with van der Waals surface area (Å²) in [5.74, 6) is -0.360. The van der Waals surface area contributed by atoms with E-state index in [-0.39, 0.29) is 13.2 Å². The van der Waals surface area contributed by atoms with E-state index in [0.29, 0.717) is 34.9 Å². The summed E-state index contributed by atoms with van der Waals surface area (Å²) in [4.78, 5) is 24.4. The third-order valence-electron chi connectivity index (χ3n) is 4.46. The first-order valence-corrected chi connectivity index (χ1v) is 9.74. The van der Waals surface area contributed by atoms with Crippen LogP contribution in [-0.4, -0.2) is 34.8 Å². The average molecular weight is 418 g/mol. The SMILES string of the molecule is CCOc1ccc(C(=O)NCC(=O)OCc2c(C#N)c(C)nn2-c2ccccc2)cc1. The predicted octanol–water partition coefficient (Wildman–Crippen LogP) is 2.92. The third-order valence-corrected chi connectivity index (χ3v) is 4.46. The van der Waals surface area contributed by atoms with E-state index in [1.807, 2.05) is 37.3 Å². The number of esters is 1. The van der Waals surface area contributed by atoms with Crippen molar-refractivity contribution in [3.05, 3.63) is 77.1 Å². The lowest BCUT2D eigenvalue weighted by atomic mass is 10.2. The number of ether oxygens (including phenoxy) is 2. The standard InChI is InChI=1S/C23H22N4O4/c1-3-30-19-11-9-17(10-12-19)23(29)25-14-22(28)31-15-21-20(13-24)16(2)26-27(21)18-7-5-4-6-8-18/h4-12H,3,14-15H2,1-2H3,(H,25,29). The van der Waals surface area contributed by atoms with Gasteiger partial charge in [-0.15, -0.1) is 0 Å². The molecule has 3 aromatic rings. The van der Waals surface area contributed by atoms with Gasteiger partial charge in [0.25, 0.3) is 5.91 Å². The van der Waals surface area contributed by atoms with Crippen molar-refractivity contribution >= 4 is 11.9 Å². The maximum atomic E-state index is 12.2. The molecule has 2 aromatic carbocycles. The monoisotopic (exact) mass is 418 g/mol. The fourth-order valence-electron chi connectivity index (χ4n) is 2.96. The maximum absolute atomic E-state index is 12.2. The molecule has 0 unspecified atom stereocenters. The molecule has 0 saturated carbocycles. The molecular weight excluding hydrogens is 396 g/mol. The zero-order chi connectivity index (χ0) is 22.2. The third kappa shape index (κ3) is 5.28. The van der Waals surface area contributed by atoms with Crippen LogP contribution in [0.25, 0.3) is 5.69 Å². The summed E-state index contributed by atoms with van der Waals surface area (Å²) < 4.78 is 12.2. The molecule has 1 amide bonds. The number of aryl methyl sites for hydroxylation is 1. The van der Waals surface area contributed by atoms with Gasteiger partial charge in [-0.1, -0.05) is 18.2 Å². The zero-order valence-electron chi connectivity index (χ0n) is 17.3. The van der Waals surface area contributed by atoms with Gasteiger partial charge < -0.3 is 14.8 Å². The Morgan fingerprint density at radius 2 is 1.84 bits per heavy atom. The molecule has 0 aliphatic rings. The van der Waals surface area contributed by atoms with Crippen LogP contribution in [0.4, 0.5) is 0 Å². The van der Waals surface area contributed by atoms with Crippen LogP contribution < -0.4 is 10.1 Å². The molecule has 158 valence electrons. The van der Waals surface area contributed by atoms with E-state index in [9.17, 15) is 14.9 Å². The molecule has 0 aliphatic carbocycles. The minimum atomic E-state index is -0.623. The van der Waals surface area contributed by atoms with Gasteiger partial charge in [0.1, 0.15) is 30.5 Å². The minimum absolute atomic E-state index is 0.142. The number of hydrogen-bond acceptors (Lipinski definition) is 6. The molecule has 0 spiro atoms. The summed E-state index contributed by atoms with van der Waals surface area (Å²) in [5.41, 5.74) is 2.52. The maximum Gasteiger partial charge on any atom is 0.325 e. The van der Waals surface area contributed by atoms with Gasteiger partial charge in [0.2, 0.25) is 0 Å². The van der Waals surface area contributed by atoms with Crippen LogP contribution in [0.2, 0.25) is 0 Å². The molecule has 1 heterocycles. The Kier molecular flexibility index (Phi) is 7.01. The molecule has 0 radical (unpaired) electrons. The van der Waals surface area contributed by atoms with Gasteiger partial charge in [-0.2, -0.15) is 10.4 Å². The van der Waals surface area contributed by atoms with Gasteiger partial charge in [-0.05, 0) is 50.2 Å². The van der Waals surface area contributed by atoms with Gasteiger partial charge in [0, 0.05) is 5.56 Å². The number of benzene rings is 2. The largest absolute Gasteiger partial charge is 0.494 e. The van der Waals surface area contributed by atoms with Crippen molar-refractivity contribution in [1.82, 2.24) is 15.1 Å². The molecule has 0 bridgehead atoms. The van der Waals surface area contributed by atoms with Gasteiger partial charge in [-0.3, -0.25) is 9.59 Å². The molecule has 3 rings (SSSR count). The molecule has 8 nitrogen and oxygen atoms in total. The Hall–Kier alpha value is -4.12. The first-order valence-electron chi connectivity index (χ1n) is 9.74. The summed E-state index contributed by atoms with van der Waals surface area (Å²) >= 11 is 0. The van der Waals surface area contributed by atoms with Gasteiger partial charge in [-0.25, -0.2) is 4.68 Å². The van der Waals surface area contributed by atoms with Crippen molar-refractivity contribution in [2.24, 2.45) is 0 Å². The summed E-state index contributed by atoms with van der Waals surface area (Å²) in [5, 5.41) is 16.4. The molecule has 1 N–H and O–H groups in total. The van der Waals surface area contributed by atoms with Crippen LogP contribution in [0, 0.1) is 18.3 Å². The highest BCUT2D eigenvalue weighted by Crippen LogP contribution is 2.19. The summed E-state index contributed by atoms with van der Waals surface area (Å²) in [6.45, 7) is 3.69. The van der Waals surface area contributed by atoms with E-state index in [0.717, 1.165) is 5.69 Å². The van der Waals surface area contributed by atoms with E-state index >= 15 is 0 Å². The van der Waals surface area contributed by atoms with Crippen molar-refractivity contribution in [2.45, 2.75) is 20.5 Å². The number of amides is 1. The molecule has 31 heavy (non-hydrogen) atoms. The van der Waals surface area contributed by atoms with Gasteiger partial charge >= 0.3 is 5.97 Å². The Morgan fingerprint density at radius 1 is 1.13 bits per heavy atom.